The number of rotatable bonds is 7. The minimum absolute atomic E-state index is 0.108. The Bertz CT molecular complexity index is 398. The molecule has 1 amide bonds. The van der Waals surface area contributed by atoms with Crippen molar-refractivity contribution in [1.82, 2.24) is 10.3 Å². The molecule has 0 saturated heterocycles. The van der Waals surface area contributed by atoms with Crippen molar-refractivity contribution in [2.45, 2.75) is 40.5 Å². The minimum atomic E-state index is -0.108. The van der Waals surface area contributed by atoms with Crippen LogP contribution in [0, 0.1) is 5.41 Å². The zero-order valence-electron chi connectivity index (χ0n) is 12.4. The van der Waals surface area contributed by atoms with Gasteiger partial charge < -0.3 is 10.6 Å². The normalized spacial score (nSPS) is 11.2. The van der Waals surface area contributed by atoms with Crippen molar-refractivity contribution in [1.29, 1.82) is 0 Å². The van der Waals surface area contributed by atoms with Gasteiger partial charge in [0.1, 0.15) is 5.69 Å². The SMILES string of the molecule is CCCNc1ccc(C(=O)NCC(C)(C)CC)nc1. The van der Waals surface area contributed by atoms with E-state index in [0.717, 1.165) is 25.1 Å². The molecule has 0 saturated carbocycles. The molecule has 1 aromatic heterocycles. The van der Waals surface area contributed by atoms with Crippen LogP contribution in [-0.2, 0) is 0 Å². The van der Waals surface area contributed by atoms with Crippen molar-refractivity contribution in [3.8, 4) is 0 Å². The average Bonchev–Trinajstić information content (AvgIpc) is 2.43. The molecule has 0 bridgehead atoms. The highest BCUT2D eigenvalue weighted by atomic mass is 16.1. The number of hydrogen-bond acceptors (Lipinski definition) is 3. The van der Waals surface area contributed by atoms with Crippen molar-refractivity contribution in [3.05, 3.63) is 24.0 Å². The summed E-state index contributed by atoms with van der Waals surface area (Å²) in [6.07, 6.45) is 3.80. The van der Waals surface area contributed by atoms with Crippen LogP contribution in [0.25, 0.3) is 0 Å². The predicted octanol–water partition coefficient (Wildman–Crippen LogP) is 3.07. The van der Waals surface area contributed by atoms with Gasteiger partial charge in [-0.25, -0.2) is 4.98 Å². The Morgan fingerprint density at radius 2 is 2.05 bits per heavy atom. The molecule has 0 radical (unpaired) electrons. The number of aromatic nitrogens is 1. The number of nitrogens with zero attached hydrogens (tertiary/aromatic N) is 1. The lowest BCUT2D eigenvalue weighted by molar-refractivity contribution is 0.0931. The minimum Gasteiger partial charge on any atom is -0.384 e. The molecule has 4 nitrogen and oxygen atoms in total. The molecular weight excluding hydrogens is 238 g/mol. The first-order valence-corrected chi connectivity index (χ1v) is 6.96. The van der Waals surface area contributed by atoms with E-state index in [4.69, 9.17) is 0 Å². The van der Waals surface area contributed by atoms with E-state index >= 15 is 0 Å². The maximum absolute atomic E-state index is 11.9. The van der Waals surface area contributed by atoms with Crippen molar-refractivity contribution in [2.75, 3.05) is 18.4 Å². The van der Waals surface area contributed by atoms with Crippen LogP contribution in [0.1, 0.15) is 51.0 Å². The van der Waals surface area contributed by atoms with E-state index in [0.29, 0.717) is 12.2 Å². The van der Waals surface area contributed by atoms with Gasteiger partial charge >= 0.3 is 0 Å². The fourth-order valence-electron chi connectivity index (χ4n) is 1.44. The summed E-state index contributed by atoms with van der Waals surface area (Å²) in [5, 5.41) is 6.16. The third-order valence-corrected chi connectivity index (χ3v) is 3.26. The van der Waals surface area contributed by atoms with E-state index in [1.54, 1.807) is 12.3 Å². The molecule has 0 aromatic carbocycles. The zero-order chi connectivity index (χ0) is 14.3. The molecule has 0 aliphatic carbocycles. The van der Waals surface area contributed by atoms with E-state index in [1.807, 2.05) is 6.07 Å². The summed E-state index contributed by atoms with van der Waals surface area (Å²) in [5.74, 6) is -0.108. The molecule has 0 spiro atoms. The maximum Gasteiger partial charge on any atom is 0.269 e. The molecule has 0 fully saturated rings. The van der Waals surface area contributed by atoms with Crippen LogP contribution in [0.4, 0.5) is 5.69 Å². The number of pyridine rings is 1. The van der Waals surface area contributed by atoms with Gasteiger partial charge in [0.25, 0.3) is 5.91 Å². The van der Waals surface area contributed by atoms with Gasteiger partial charge in [-0.05, 0) is 30.4 Å². The van der Waals surface area contributed by atoms with Crippen LogP contribution < -0.4 is 10.6 Å². The molecule has 1 rings (SSSR count). The van der Waals surface area contributed by atoms with Gasteiger partial charge in [-0.3, -0.25) is 4.79 Å². The summed E-state index contributed by atoms with van der Waals surface area (Å²) < 4.78 is 0. The monoisotopic (exact) mass is 263 g/mol. The highest BCUT2D eigenvalue weighted by Gasteiger charge is 2.17. The molecule has 1 heterocycles. The van der Waals surface area contributed by atoms with Gasteiger partial charge in [0.15, 0.2) is 0 Å². The Kier molecular flexibility index (Phi) is 5.80. The van der Waals surface area contributed by atoms with Crippen molar-refractivity contribution >= 4 is 11.6 Å². The van der Waals surface area contributed by atoms with Crippen LogP contribution in [0.2, 0.25) is 0 Å². The lowest BCUT2D eigenvalue weighted by Crippen LogP contribution is -2.34. The molecule has 19 heavy (non-hydrogen) atoms. The number of amides is 1. The second-order valence-electron chi connectivity index (χ2n) is 5.56. The van der Waals surface area contributed by atoms with Gasteiger partial charge in [-0.1, -0.05) is 27.7 Å². The maximum atomic E-state index is 11.9. The zero-order valence-corrected chi connectivity index (χ0v) is 12.4. The van der Waals surface area contributed by atoms with Crippen LogP contribution in [0.3, 0.4) is 0 Å². The summed E-state index contributed by atoms with van der Waals surface area (Å²) in [6.45, 7) is 10.1. The number of carbonyl (C=O) groups excluding carboxylic acids is 1. The van der Waals surface area contributed by atoms with E-state index in [9.17, 15) is 4.79 Å². The molecule has 0 aliphatic rings. The van der Waals surface area contributed by atoms with E-state index < -0.39 is 0 Å². The topological polar surface area (TPSA) is 54.0 Å². The average molecular weight is 263 g/mol. The molecular formula is C15H25N3O. The van der Waals surface area contributed by atoms with Crippen LogP contribution in [0.15, 0.2) is 18.3 Å². The van der Waals surface area contributed by atoms with Crippen LogP contribution in [-0.4, -0.2) is 24.0 Å². The molecule has 2 N–H and O–H groups in total. The quantitative estimate of drug-likeness (QED) is 0.795. The number of hydrogen-bond donors (Lipinski definition) is 2. The smallest absolute Gasteiger partial charge is 0.269 e. The molecule has 4 heteroatoms. The Labute approximate surface area is 116 Å². The van der Waals surface area contributed by atoms with E-state index in [-0.39, 0.29) is 11.3 Å². The van der Waals surface area contributed by atoms with E-state index in [2.05, 4.69) is 43.3 Å². The van der Waals surface area contributed by atoms with Crippen molar-refractivity contribution in [2.24, 2.45) is 5.41 Å². The Morgan fingerprint density at radius 3 is 2.58 bits per heavy atom. The fourth-order valence-corrected chi connectivity index (χ4v) is 1.44. The third kappa shape index (κ3) is 5.28. The molecule has 106 valence electrons. The second kappa shape index (κ2) is 7.12. The Morgan fingerprint density at radius 1 is 1.32 bits per heavy atom. The lowest BCUT2D eigenvalue weighted by Gasteiger charge is -2.22. The lowest BCUT2D eigenvalue weighted by atomic mass is 9.90. The highest BCUT2D eigenvalue weighted by Crippen LogP contribution is 2.17. The number of anilines is 1. The van der Waals surface area contributed by atoms with E-state index in [1.165, 1.54) is 0 Å². The number of nitrogens with one attached hydrogen (secondary N) is 2. The predicted molar refractivity (Wildman–Crippen MR) is 79.4 cm³/mol. The highest BCUT2D eigenvalue weighted by molar-refractivity contribution is 5.92. The Hall–Kier alpha value is -1.58. The van der Waals surface area contributed by atoms with Gasteiger partial charge in [0.05, 0.1) is 11.9 Å². The summed E-state index contributed by atoms with van der Waals surface area (Å²) in [5.41, 5.74) is 1.54. The standard InChI is InChI=1S/C15H25N3O/c1-5-9-16-12-7-8-13(17-10-12)14(19)18-11-15(3,4)6-2/h7-8,10,16H,5-6,9,11H2,1-4H3,(H,18,19). The fraction of sp³-hybridized carbons (Fsp3) is 0.600. The molecule has 0 atom stereocenters. The molecule has 0 unspecified atom stereocenters. The first kappa shape index (κ1) is 15.5. The largest absolute Gasteiger partial charge is 0.384 e. The first-order chi connectivity index (χ1) is 8.98. The summed E-state index contributed by atoms with van der Waals surface area (Å²) in [7, 11) is 0. The summed E-state index contributed by atoms with van der Waals surface area (Å²) >= 11 is 0. The second-order valence-corrected chi connectivity index (χ2v) is 5.56. The van der Waals surface area contributed by atoms with Crippen molar-refractivity contribution in [3.63, 3.8) is 0 Å². The van der Waals surface area contributed by atoms with Gasteiger partial charge in [0.2, 0.25) is 0 Å². The molecule has 1 aromatic rings. The summed E-state index contributed by atoms with van der Waals surface area (Å²) in [4.78, 5) is 16.1. The van der Waals surface area contributed by atoms with Crippen molar-refractivity contribution < 1.29 is 4.79 Å². The third-order valence-electron chi connectivity index (χ3n) is 3.26. The van der Waals surface area contributed by atoms with Gasteiger partial charge in [0, 0.05) is 13.1 Å². The summed E-state index contributed by atoms with van der Waals surface area (Å²) in [6, 6.07) is 3.65. The van der Waals surface area contributed by atoms with Gasteiger partial charge in [-0.2, -0.15) is 0 Å². The molecule has 0 aliphatic heterocycles. The Balaban J connectivity index is 2.53. The first-order valence-electron chi connectivity index (χ1n) is 6.96. The van der Waals surface area contributed by atoms with Gasteiger partial charge in [-0.15, -0.1) is 0 Å². The number of carbonyl (C=O) groups is 1. The van der Waals surface area contributed by atoms with Crippen LogP contribution in [0.5, 0.6) is 0 Å². The van der Waals surface area contributed by atoms with Crippen LogP contribution >= 0.6 is 0 Å².